The predicted octanol–water partition coefficient (Wildman–Crippen LogP) is 4.60. The van der Waals surface area contributed by atoms with Gasteiger partial charge < -0.3 is 20.9 Å². The minimum Gasteiger partial charge on any atom is -0.489 e. The van der Waals surface area contributed by atoms with Gasteiger partial charge in [0.05, 0.1) is 0 Å². The molecule has 5 nitrogen and oxygen atoms in total. The van der Waals surface area contributed by atoms with Crippen LogP contribution in [0, 0.1) is 6.92 Å². The zero-order valence-electron chi connectivity index (χ0n) is 17.2. The molecule has 0 spiro atoms. The molecule has 0 saturated heterocycles. The fourth-order valence-electron chi connectivity index (χ4n) is 2.49. The summed E-state index contributed by atoms with van der Waals surface area (Å²) in [6, 6.07) is 17.0. The lowest BCUT2D eigenvalue weighted by atomic mass is 10.1. The van der Waals surface area contributed by atoms with E-state index in [0.29, 0.717) is 12.6 Å². The van der Waals surface area contributed by atoms with E-state index in [1.165, 1.54) is 16.7 Å². The number of hydrogen-bond donors (Lipinski definition) is 3. The Morgan fingerprint density at radius 2 is 1.73 bits per heavy atom. The lowest BCUT2D eigenvalue weighted by molar-refractivity contribution is -0.192. The highest BCUT2D eigenvalue weighted by molar-refractivity contribution is 5.73. The summed E-state index contributed by atoms with van der Waals surface area (Å²) in [6.45, 7) is 6.68. The Hall–Kier alpha value is -2.58. The first-order chi connectivity index (χ1) is 14.1. The van der Waals surface area contributed by atoms with Gasteiger partial charge in [-0.05, 0) is 68.6 Å². The molecular weight excluding hydrogens is 397 g/mol. The molecular formula is C22H29F3N2O3. The molecule has 30 heavy (non-hydrogen) atoms. The Morgan fingerprint density at radius 1 is 1.13 bits per heavy atom. The molecule has 0 aliphatic carbocycles. The summed E-state index contributed by atoms with van der Waals surface area (Å²) in [5.74, 6) is -1.85. The van der Waals surface area contributed by atoms with Crippen molar-refractivity contribution >= 4 is 5.97 Å². The van der Waals surface area contributed by atoms with Crippen molar-refractivity contribution in [1.82, 2.24) is 5.32 Å². The van der Waals surface area contributed by atoms with Crippen LogP contribution in [0.2, 0.25) is 0 Å². The molecule has 0 fully saturated rings. The number of alkyl halides is 3. The summed E-state index contributed by atoms with van der Waals surface area (Å²) >= 11 is 0. The molecule has 0 aliphatic heterocycles. The van der Waals surface area contributed by atoms with Gasteiger partial charge in [0.1, 0.15) is 12.4 Å². The molecule has 0 bridgehead atoms. The maximum absolute atomic E-state index is 10.6. The molecule has 0 heterocycles. The van der Waals surface area contributed by atoms with Gasteiger partial charge in [-0.1, -0.05) is 36.4 Å². The lowest BCUT2D eigenvalue weighted by Crippen LogP contribution is -2.21. The van der Waals surface area contributed by atoms with Crippen molar-refractivity contribution in [2.24, 2.45) is 5.73 Å². The quantitative estimate of drug-likeness (QED) is 0.511. The van der Waals surface area contributed by atoms with Gasteiger partial charge in [0, 0.05) is 6.04 Å². The fraction of sp³-hybridized carbons (Fsp3) is 0.409. The van der Waals surface area contributed by atoms with E-state index < -0.39 is 12.1 Å². The number of aryl methyl sites for hydroxylation is 1. The molecule has 166 valence electrons. The van der Waals surface area contributed by atoms with Crippen LogP contribution >= 0.6 is 0 Å². The Morgan fingerprint density at radius 3 is 2.27 bits per heavy atom. The maximum Gasteiger partial charge on any atom is 0.490 e. The van der Waals surface area contributed by atoms with E-state index in [0.717, 1.165) is 31.7 Å². The van der Waals surface area contributed by atoms with E-state index >= 15 is 0 Å². The third-order valence-electron chi connectivity index (χ3n) is 4.36. The smallest absolute Gasteiger partial charge is 0.489 e. The topological polar surface area (TPSA) is 84.6 Å². The third kappa shape index (κ3) is 9.76. The maximum atomic E-state index is 10.6. The Bertz CT molecular complexity index is 765. The number of aliphatic carboxylic acids is 1. The number of ether oxygens (including phenoxy) is 1. The Balaban J connectivity index is 0.000000553. The van der Waals surface area contributed by atoms with E-state index in [1.54, 1.807) is 0 Å². The van der Waals surface area contributed by atoms with Crippen LogP contribution in [0.4, 0.5) is 13.2 Å². The number of benzene rings is 2. The zero-order valence-corrected chi connectivity index (χ0v) is 17.2. The minimum atomic E-state index is -5.08. The number of carboxylic acids is 1. The van der Waals surface area contributed by atoms with Crippen LogP contribution in [0.1, 0.15) is 42.5 Å². The standard InChI is InChI=1S/C20H28N2O.C2HF3O2/c1-16-7-3-4-8-19(16)15-23-20-11-9-18(10-12-20)17(2)22-14-6-5-13-21;3-2(4,5)1(6)7/h3-4,7-12,17,22H,5-6,13-15,21H2,1-2H3;(H,6,7). The van der Waals surface area contributed by atoms with Crippen LogP contribution in [0.3, 0.4) is 0 Å². The molecule has 0 radical (unpaired) electrons. The molecule has 2 rings (SSSR count). The number of nitrogens with two attached hydrogens (primary N) is 1. The van der Waals surface area contributed by atoms with Crippen molar-refractivity contribution in [3.8, 4) is 5.75 Å². The van der Waals surface area contributed by atoms with E-state index in [4.69, 9.17) is 20.4 Å². The number of unbranched alkanes of at least 4 members (excludes halogenated alkanes) is 1. The van der Waals surface area contributed by atoms with E-state index in [-0.39, 0.29) is 0 Å². The first kappa shape index (κ1) is 25.5. The minimum absolute atomic E-state index is 0.346. The van der Waals surface area contributed by atoms with Crippen LogP contribution in [0.5, 0.6) is 5.75 Å². The summed E-state index contributed by atoms with van der Waals surface area (Å²) in [5, 5.41) is 10.6. The van der Waals surface area contributed by atoms with Gasteiger partial charge in [-0.15, -0.1) is 0 Å². The molecule has 1 unspecified atom stereocenters. The molecule has 0 aromatic heterocycles. The molecule has 0 amide bonds. The highest BCUT2D eigenvalue weighted by atomic mass is 19.4. The zero-order chi connectivity index (χ0) is 22.6. The van der Waals surface area contributed by atoms with Gasteiger partial charge in [-0.3, -0.25) is 0 Å². The van der Waals surface area contributed by atoms with Gasteiger partial charge in [-0.25, -0.2) is 4.79 Å². The summed E-state index contributed by atoms with van der Waals surface area (Å²) in [7, 11) is 0. The van der Waals surface area contributed by atoms with Crippen molar-refractivity contribution in [3.63, 3.8) is 0 Å². The normalized spacial score (nSPS) is 11.9. The third-order valence-corrected chi connectivity index (χ3v) is 4.36. The monoisotopic (exact) mass is 426 g/mol. The van der Waals surface area contributed by atoms with Crippen LogP contribution in [-0.4, -0.2) is 30.3 Å². The lowest BCUT2D eigenvalue weighted by Gasteiger charge is -2.15. The number of halogens is 3. The summed E-state index contributed by atoms with van der Waals surface area (Å²) < 4.78 is 37.6. The van der Waals surface area contributed by atoms with Crippen LogP contribution in [0.25, 0.3) is 0 Å². The van der Waals surface area contributed by atoms with Gasteiger partial charge in [0.25, 0.3) is 0 Å². The molecule has 1 atom stereocenters. The van der Waals surface area contributed by atoms with Crippen molar-refractivity contribution < 1.29 is 27.8 Å². The summed E-state index contributed by atoms with van der Waals surface area (Å²) in [6.07, 6.45) is -2.89. The van der Waals surface area contributed by atoms with Crippen molar-refractivity contribution in [1.29, 1.82) is 0 Å². The number of nitrogens with one attached hydrogen (secondary N) is 1. The summed E-state index contributed by atoms with van der Waals surface area (Å²) in [4.78, 5) is 8.90. The summed E-state index contributed by atoms with van der Waals surface area (Å²) in [5.41, 5.74) is 9.28. The first-order valence-corrected chi connectivity index (χ1v) is 9.66. The first-order valence-electron chi connectivity index (χ1n) is 9.66. The molecule has 0 aliphatic rings. The SMILES string of the molecule is Cc1ccccc1COc1ccc(C(C)NCCCCN)cc1.O=C(O)C(F)(F)F. The number of carboxylic acid groups (broad SMARTS) is 1. The highest BCUT2D eigenvalue weighted by Crippen LogP contribution is 2.19. The van der Waals surface area contributed by atoms with Gasteiger partial charge in [0.15, 0.2) is 0 Å². The fourth-order valence-corrected chi connectivity index (χ4v) is 2.49. The van der Waals surface area contributed by atoms with Gasteiger partial charge in [-0.2, -0.15) is 13.2 Å². The predicted molar refractivity (Wildman–Crippen MR) is 110 cm³/mol. The molecule has 2 aromatic carbocycles. The van der Waals surface area contributed by atoms with Crippen molar-refractivity contribution in [2.45, 2.75) is 45.5 Å². The van der Waals surface area contributed by atoms with Crippen molar-refractivity contribution in [2.75, 3.05) is 13.1 Å². The van der Waals surface area contributed by atoms with Crippen LogP contribution in [-0.2, 0) is 11.4 Å². The van der Waals surface area contributed by atoms with E-state index in [2.05, 4.69) is 49.5 Å². The highest BCUT2D eigenvalue weighted by Gasteiger charge is 2.38. The van der Waals surface area contributed by atoms with Gasteiger partial charge >= 0.3 is 12.1 Å². The second-order valence-corrected chi connectivity index (χ2v) is 6.76. The van der Waals surface area contributed by atoms with E-state index in [1.807, 2.05) is 18.2 Å². The number of hydrogen-bond acceptors (Lipinski definition) is 4. The van der Waals surface area contributed by atoms with E-state index in [9.17, 15) is 13.2 Å². The molecule has 0 saturated carbocycles. The van der Waals surface area contributed by atoms with Gasteiger partial charge in [0.2, 0.25) is 0 Å². The average Bonchev–Trinajstić information content (AvgIpc) is 2.70. The largest absolute Gasteiger partial charge is 0.490 e. The molecule has 4 N–H and O–H groups in total. The molecule has 2 aromatic rings. The second kappa shape index (κ2) is 12.9. The van der Waals surface area contributed by atoms with Crippen LogP contribution in [0.15, 0.2) is 48.5 Å². The number of rotatable bonds is 9. The number of carbonyl (C=O) groups is 1. The van der Waals surface area contributed by atoms with Crippen LogP contribution < -0.4 is 15.8 Å². The average molecular weight is 426 g/mol. The second-order valence-electron chi connectivity index (χ2n) is 6.76. The Labute approximate surface area is 175 Å². The van der Waals surface area contributed by atoms with Crippen molar-refractivity contribution in [3.05, 3.63) is 65.2 Å². The Kier molecular flexibility index (Phi) is 10.9. The molecule has 8 heteroatoms.